The summed E-state index contributed by atoms with van der Waals surface area (Å²) in [5.41, 5.74) is 0.229. The molecule has 0 aromatic rings. The van der Waals surface area contributed by atoms with Crippen LogP contribution in [0.3, 0.4) is 0 Å². The van der Waals surface area contributed by atoms with Gasteiger partial charge in [-0.3, -0.25) is 0 Å². The molecule has 1 atom stereocenters. The molecule has 11 heavy (non-hydrogen) atoms. The highest BCUT2D eigenvalue weighted by Crippen LogP contribution is 2.33. The molecule has 2 nitrogen and oxygen atoms in total. The number of carbonyl (C=O) groups excluding carboxylic acids is 1. The third-order valence-corrected chi connectivity index (χ3v) is 3.13. The molecule has 1 unspecified atom stereocenters. The van der Waals surface area contributed by atoms with E-state index in [1.54, 1.807) is 0 Å². The largest absolute Gasteiger partial charge is 0.457 e. The number of thioether (sulfide) groups is 1. The zero-order valence-electron chi connectivity index (χ0n) is 7.05. The highest BCUT2D eigenvalue weighted by molar-refractivity contribution is 8.13. The van der Waals surface area contributed by atoms with Crippen molar-refractivity contribution in [3.05, 3.63) is 0 Å². The maximum atomic E-state index is 10.7. The van der Waals surface area contributed by atoms with Gasteiger partial charge in [-0.25, -0.2) is 4.79 Å². The second kappa shape index (κ2) is 3.48. The van der Waals surface area contributed by atoms with Gasteiger partial charge in [-0.05, 0) is 18.2 Å². The van der Waals surface area contributed by atoms with E-state index in [1.165, 1.54) is 11.8 Å². The fourth-order valence-electron chi connectivity index (χ4n) is 1.30. The van der Waals surface area contributed by atoms with Gasteiger partial charge in [0.25, 0.3) is 0 Å². The minimum absolute atomic E-state index is 0.112. The van der Waals surface area contributed by atoms with Crippen LogP contribution in [0.25, 0.3) is 0 Å². The monoisotopic (exact) mass is 174 g/mol. The Kier molecular flexibility index (Phi) is 2.82. The first-order chi connectivity index (χ1) is 5.16. The van der Waals surface area contributed by atoms with Crippen LogP contribution in [0.15, 0.2) is 0 Å². The SMILES string of the molecule is CCCC1(C)COC(=O)SC1. The van der Waals surface area contributed by atoms with Crippen LogP contribution in [-0.2, 0) is 4.74 Å². The first-order valence-corrected chi connectivity index (χ1v) is 4.94. The smallest absolute Gasteiger partial charge is 0.367 e. The molecule has 0 spiro atoms. The quantitative estimate of drug-likeness (QED) is 0.602. The number of carbonyl (C=O) groups is 1. The molecule has 0 N–H and O–H groups in total. The lowest BCUT2D eigenvalue weighted by Crippen LogP contribution is -2.31. The normalized spacial score (nSPS) is 31.6. The van der Waals surface area contributed by atoms with Crippen LogP contribution in [-0.4, -0.2) is 17.7 Å². The Labute approximate surface area is 71.7 Å². The fourth-order valence-corrected chi connectivity index (χ4v) is 2.13. The molecule has 0 amide bonds. The first kappa shape index (κ1) is 8.91. The van der Waals surface area contributed by atoms with E-state index < -0.39 is 0 Å². The average Bonchev–Trinajstić information content (AvgIpc) is 1.97. The maximum Gasteiger partial charge on any atom is 0.367 e. The second-order valence-electron chi connectivity index (χ2n) is 3.39. The summed E-state index contributed by atoms with van der Waals surface area (Å²) in [4.78, 5) is 10.7. The maximum absolute atomic E-state index is 10.7. The predicted octanol–water partition coefficient (Wildman–Crippen LogP) is 2.68. The van der Waals surface area contributed by atoms with Crippen molar-refractivity contribution in [2.24, 2.45) is 5.41 Å². The van der Waals surface area contributed by atoms with Crippen LogP contribution < -0.4 is 0 Å². The number of hydrogen-bond donors (Lipinski definition) is 0. The van der Waals surface area contributed by atoms with Crippen molar-refractivity contribution >= 4 is 17.1 Å². The third-order valence-electron chi connectivity index (χ3n) is 1.93. The van der Waals surface area contributed by atoms with Crippen LogP contribution in [0.2, 0.25) is 0 Å². The Morgan fingerprint density at radius 1 is 1.73 bits per heavy atom. The van der Waals surface area contributed by atoms with E-state index in [1.807, 2.05) is 0 Å². The van der Waals surface area contributed by atoms with Gasteiger partial charge in [0.15, 0.2) is 0 Å². The number of hydrogen-bond acceptors (Lipinski definition) is 3. The van der Waals surface area contributed by atoms with E-state index in [0.717, 1.165) is 18.6 Å². The molecule has 1 saturated heterocycles. The summed E-state index contributed by atoms with van der Waals surface area (Å²) in [6.07, 6.45) is 2.31. The minimum Gasteiger partial charge on any atom is -0.457 e. The van der Waals surface area contributed by atoms with Gasteiger partial charge in [-0.15, -0.1) is 0 Å². The molecule has 0 aromatic heterocycles. The Morgan fingerprint density at radius 3 is 2.91 bits per heavy atom. The summed E-state index contributed by atoms with van der Waals surface area (Å²) in [5, 5.41) is -0.112. The van der Waals surface area contributed by atoms with Crippen LogP contribution in [0.5, 0.6) is 0 Å². The molecule has 1 aliphatic rings. The average molecular weight is 174 g/mol. The molecule has 1 aliphatic heterocycles. The van der Waals surface area contributed by atoms with E-state index in [4.69, 9.17) is 4.74 Å². The standard InChI is InChI=1S/C8H14O2S/c1-3-4-8(2)5-10-7(9)11-6-8/h3-6H2,1-2H3. The van der Waals surface area contributed by atoms with Gasteiger partial charge in [-0.1, -0.05) is 20.3 Å². The van der Waals surface area contributed by atoms with Gasteiger partial charge in [-0.2, -0.15) is 0 Å². The van der Waals surface area contributed by atoms with E-state index >= 15 is 0 Å². The lowest BCUT2D eigenvalue weighted by molar-refractivity contribution is 0.110. The number of cyclic esters (lactones) is 1. The number of rotatable bonds is 2. The van der Waals surface area contributed by atoms with Crippen LogP contribution in [0.1, 0.15) is 26.7 Å². The van der Waals surface area contributed by atoms with Crippen molar-refractivity contribution in [1.29, 1.82) is 0 Å². The van der Waals surface area contributed by atoms with E-state index in [-0.39, 0.29) is 10.7 Å². The summed E-state index contributed by atoms with van der Waals surface area (Å²) in [6, 6.07) is 0. The van der Waals surface area contributed by atoms with Crippen LogP contribution >= 0.6 is 11.8 Å². The van der Waals surface area contributed by atoms with Gasteiger partial charge in [0, 0.05) is 11.2 Å². The van der Waals surface area contributed by atoms with Gasteiger partial charge in [0.2, 0.25) is 0 Å². The topological polar surface area (TPSA) is 26.3 Å². The van der Waals surface area contributed by atoms with Crippen molar-refractivity contribution in [1.82, 2.24) is 0 Å². The van der Waals surface area contributed by atoms with Crippen molar-refractivity contribution in [2.75, 3.05) is 12.4 Å². The predicted molar refractivity (Wildman–Crippen MR) is 46.8 cm³/mol. The van der Waals surface area contributed by atoms with Crippen molar-refractivity contribution in [3.8, 4) is 0 Å². The summed E-state index contributed by atoms with van der Waals surface area (Å²) < 4.78 is 4.97. The lowest BCUT2D eigenvalue weighted by atomic mass is 9.89. The van der Waals surface area contributed by atoms with E-state index in [0.29, 0.717) is 6.61 Å². The van der Waals surface area contributed by atoms with Gasteiger partial charge in [0.1, 0.15) is 0 Å². The van der Waals surface area contributed by atoms with Gasteiger partial charge >= 0.3 is 5.30 Å². The minimum atomic E-state index is -0.112. The highest BCUT2D eigenvalue weighted by Gasteiger charge is 2.31. The molecule has 1 heterocycles. The Bertz CT molecular complexity index is 146. The third kappa shape index (κ3) is 2.40. The van der Waals surface area contributed by atoms with Gasteiger partial charge in [0.05, 0.1) is 6.61 Å². The molecule has 0 aliphatic carbocycles. The molecule has 0 aromatic carbocycles. The molecular weight excluding hydrogens is 160 g/mol. The van der Waals surface area contributed by atoms with Crippen LogP contribution in [0, 0.1) is 5.41 Å². The fraction of sp³-hybridized carbons (Fsp3) is 0.875. The summed E-state index contributed by atoms with van der Waals surface area (Å²) in [6.45, 7) is 4.94. The van der Waals surface area contributed by atoms with Crippen molar-refractivity contribution in [2.45, 2.75) is 26.7 Å². The molecular formula is C8H14O2S. The Hall–Kier alpha value is -0.180. The summed E-state index contributed by atoms with van der Waals surface area (Å²) >= 11 is 1.30. The zero-order chi connectivity index (χ0) is 8.32. The molecule has 0 saturated carbocycles. The Morgan fingerprint density at radius 2 is 2.45 bits per heavy atom. The summed E-state index contributed by atoms with van der Waals surface area (Å²) in [5.74, 6) is 0.916. The zero-order valence-corrected chi connectivity index (χ0v) is 7.87. The lowest BCUT2D eigenvalue weighted by Gasteiger charge is -2.31. The Balaban J connectivity index is 2.41. The molecule has 3 heteroatoms. The number of ether oxygens (including phenoxy) is 1. The molecule has 0 bridgehead atoms. The first-order valence-electron chi connectivity index (χ1n) is 3.96. The molecule has 64 valence electrons. The molecule has 1 fully saturated rings. The van der Waals surface area contributed by atoms with Crippen molar-refractivity contribution in [3.63, 3.8) is 0 Å². The van der Waals surface area contributed by atoms with E-state index in [2.05, 4.69) is 13.8 Å². The van der Waals surface area contributed by atoms with Crippen LogP contribution in [0.4, 0.5) is 4.79 Å². The highest BCUT2D eigenvalue weighted by atomic mass is 32.2. The van der Waals surface area contributed by atoms with Crippen molar-refractivity contribution < 1.29 is 9.53 Å². The van der Waals surface area contributed by atoms with E-state index in [9.17, 15) is 4.79 Å². The molecule has 0 radical (unpaired) electrons. The molecule has 1 rings (SSSR count). The van der Waals surface area contributed by atoms with Gasteiger partial charge < -0.3 is 4.74 Å². The second-order valence-corrected chi connectivity index (χ2v) is 4.30. The summed E-state index contributed by atoms with van der Waals surface area (Å²) in [7, 11) is 0.